The summed E-state index contributed by atoms with van der Waals surface area (Å²) < 4.78 is 0. The lowest BCUT2D eigenvalue weighted by molar-refractivity contribution is 0.633. The molecule has 0 bridgehead atoms. The molecule has 0 radical (unpaired) electrons. The van der Waals surface area contributed by atoms with Crippen LogP contribution in [-0.4, -0.2) is 9.97 Å². The molecule has 0 unspecified atom stereocenters. The summed E-state index contributed by atoms with van der Waals surface area (Å²) >= 11 is 0. The van der Waals surface area contributed by atoms with E-state index in [0.29, 0.717) is 5.56 Å². The molecule has 0 aromatic carbocycles. The van der Waals surface area contributed by atoms with E-state index in [1.807, 2.05) is 24.3 Å². The van der Waals surface area contributed by atoms with E-state index in [1.54, 1.807) is 0 Å². The summed E-state index contributed by atoms with van der Waals surface area (Å²) in [5.74, 6) is 0. The maximum absolute atomic E-state index is 11.4. The van der Waals surface area contributed by atoms with Gasteiger partial charge in [-0.05, 0) is 6.08 Å². The van der Waals surface area contributed by atoms with Crippen LogP contribution >= 0.6 is 0 Å². The van der Waals surface area contributed by atoms with Gasteiger partial charge in [-0.25, -0.2) is 4.98 Å². The second kappa shape index (κ2) is 2.94. The number of aromatic amines is 1. The highest BCUT2D eigenvalue weighted by Crippen LogP contribution is 2.24. The SMILES string of the molecule is CC1(C)C=Cc2nc[nH]c(=O)c2C=C1. The van der Waals surface area contributed by atoms with Crippen molar-refractivity contribution in [1.82, 2.24) is 9.97 Å². The van der Waals surface area contributed by atoms with E-state index in [-0.39, 0.29) is 11.0 Å². The highest BCUT2D eigenvalue weighted by atomic mass is 16.1. The lowest BCUT2D eigenvalue weighted by Crippen LogP contribution is -2.11. The fourth-order valence-electron chi connectivity index (χ4n) is 1.37. The Balaban J connectivity index is 2.66. The quantitative estimate of drug-likeness (QED) is 0.675. The highest BCUT2D eigenvalue weighted by Gasteiger charge is 2.14. The molecule has 72 valence electrons. The van der Waals surface area contributed by atoms with Gasteiger partial charge in [-0.1, -0.05) is 32.1 Å². The monoisotopic (exact) mass is 188 g/mol. The first kappa shape index (κ1) is 8.94. The summed E-state index contributed by atoms with van der Waals surface area (Å²) in [6, 6.07) is 0. The molecule has 1 aromatic rings. The lowest BCUT2D eigenvalue weighted by Gasteiger charge is -2.11. The minimum atomic E-state index is -0.0893. The Bertz CT molecular complexity index is 466. The number of hydrogen-bond acceptors (Lipinski definition) is 2. The topological polar surface area (TPSA) is 45.8 Å². The van der Waals surface area contributed by atoms with Gasteiger partial charge in [0.25, 0.3) is 5.56 Å². The van der Waals surface area contributed by atoms with E-state index >= 15 is 0 Å². The summed E-state index contributed by atoms with van der Waals surface area (Å²) in [5.41, 5.74) is 1.26. The number of nitrogens with zero attached hydrogens (tertiary/aromatic N) is 1. The molecule has 3 nitrogen and oxygen atoms in total. The molecule has 1 heterocycles. The third kappa shape index (κ3) is 1.53. The summed E-state index contributed by atoms with van der Waals surface area (Å²) in [5, 5.41) is 0. The number of H-pyrrole nitrogens is 1. The average Bonchev–Trinajstić information content (AvgIpc) is 2.27. The fourth-order valence-corrected chi connectivity index (χ4v) is 1.37. The van der Waals surface area contributed by atoms with Crippen LogP contribution in [0.3, 0.4) is 0 Å². The van der Waals surface area contributed by atoms with E-state index in [2.05, 4.69) is 23.8 Å². The van der Waals surface area contributed by atoms with E-state index in [9.17, 15) is 4.79 Å². The number of allylic oxidation sites excluding steroid dienone is 2. The smallest absolute Gasteiger partial charge is 0.258 e. The van der Waals surface area contributed by atoms with Crippen molar-refractivity contribution in [3.63, 3.8) is 0 Å². The second-order valence-corrected chi connectivity index (χ2v) is 4.02. The molecular formula is C11H12N2O. The van der Waals surface area contributed by atoms with Crippen LogP contribution in [-0.2, 0) is 0 Å². The van der Waals surface area contributed by atoms with Crippen LogP contribution < -0.4 is 5.56 Å². The Morgan fingerprint density at radius 1 is 1.29 bits per heavy atom. The van der Waals surface area contributed by atoms with Crippen LogP contribution in [0.4, 0.5) is 0 Å². The first-order valence-corrected chi connectivity index (χ1v) is 4.55. The maximum atomic E-state index is 11.4. The molecule has 0 aliphatic heterocycles. The van der Waals surface area contributed by atoms with E-state index < -0.39 is 0 Å². The standard InChI is InChI=1S/C11H12N2O/c1-11(2)5-3-8-9(4-6-11)12-7-13-10(8)14/h3-7H,1-2H3,(H,12,13,14). The normalized spacial score (nSPS) is 17.6. The van der Waals surface area contributed by atoms with Gasteiger partial charge < -0.3 is 4.98 Å². The summed E-state index contributed by atoms with van der Waals surface area (Å²) in [6.07, 6.45) is 9.21. The van der Waals surface area contributed by atoms with Gasteiger partial charge in [0.15, 0.2) is 0 Å². The maximum Gasteiger partial charge on any atom is 0.258 e. The van der Waals surface area contributed by atoms with Crippen molar-refractivity contribution in [3.05, 3.63) is 40.1 Å². The van der Waals surface area contributed by atoms with Crippen LogP contribution in [0.2, 0.25) is 0 Å². The van der Waals surface area contributed by atoms with Gasteiger partial charge in [0.1, 0.15) is 0 Å². The molecule has 2 rings (SSSR count). The third-order valence-electron chi connectivity index (χ3n) is 2.27. The van der Waals surface area contributed by atoms with Gasteiger partial charge in [0.2, 0.25) is 0 Å². The van der Waals surface area contributed by atoms with Crippen LogP contribution in [0.25, 0.3) is 12.2 Å². The fraction of sp³-hybridized carbons (Fsp3) is 0.273. The van der Waals surface area contributed by atoms with E-state index in [0.717, 1.165) is 5.69 Å². The number of nitrogens with one attached hydrogen (secondary N) is 1. The molecule has 3 heteroatoms. The summed E-state index contributed by atoms with van der Waals surface area (Å²) in [6.45, 7) is 4.17. The number of hydrogen-bond donors (Lipinski definition) is 1. The summed E-state index contributed by atoms with van der Waals surface area (Å²) in [4.78, 5) is 18.1. The lowest BCUT2D eigenvalue weighted by atomic mass is 9.93. The molecule has 0 spiro atoms. The Hall–Kier alpha value is -1.64. The van der Waals surface area contributed by atoms with Crippen LogP contribution in [0, 0.1) is 5.41 Å². The minimum Gasteiger partial charge on any atom is -0.313 e. The number of fused-ring (bicyclic) bond motifs is 1. The van der Waals surface area contributed by atoms with Crippen molar-refractivity contribution in [3.8, 4) is 0 Å². The average molecular weight is 188 g/mol. The molecule has 1 aliphatic carbocycles. The van der Waals surface area contributed by atoms with Gasteiger partial charge in [0.05, 0.1) is 17.6 Å². The Labute approximate surface area is 82.2 Å². The first-order valence-electron chi connectivity index (χ1n) is 4.55. The minimum absolute atomic E-state index is 0.0207. The van der Waals surface area contributed by atoms with Crippen molar-refractivity contribution in [2.75, 3.05) is 0 Å². The molecule has 14 heavy (non-hydrogen) atoms. The number of rotatable bonds is 0. The zero-order valence-electron chi connectivity index (χ0n) is 8.24. The zero-order chi connectivity index (χ0) is 10.2. The van der Waals surface area contributed by atoms with Gasteiger partial charge in [-0.3, -0.25) is 4.79 Å². The molecule has 1 aliphatic rings. The van der Waals surface area contributed by atoms with Gasteiger partial charge in [0, 0.05) is 5.41 Å². The molecule has 0 amide bonds. The molecule has 0 saturated heterocycles. The molecule has 1 aromatic heterocycles. The van der Waals surface area contributed by atoms with Crippen molar-refractivity contribution >= 4 is 12.2 Å². The predicted molar refractivity (Wildman–Crippen MR) is 56.7 cm³/mol. The van der Waals surface area contributed by atoms with Gasteiger partial charge in [-0.2, -0.15) is 0 Å². The largest absolute Gasteiger partial charge is 0.313 e. The van der Waals surface area contributed by atoms with Crippen LogP contribution in [0.15, 0.2) is 23.3 Å². The van der Waals surface area contributed by atoms with Crippen molar-refractivity contribution in [1.29, 1.82) is 0 Å². The molecule has 1 N–H and O–H groups in total. The predicted octanol–water partition coefficient (Wildman–Crippen LogP) is 1.84. The molecule has 0 fully saturated rings. The first-order chi connectivity index (χ1) is 6.58. The summed E-state index contributed by atoms with van der Waals surface area (Å²) in [7, 11) is 0. The molecular weight excluding hydrogens is 176 g/mol. The Morgan fingerprint density at radius 3 is 2.79 bits per heavy atom. The van der Waals surface area contributed by atoms with Crippen molar-refractivity contribution < 1.29 is 0 Å². The van der Waals surface area contributed by atoms with E-state index in [4.69, 9.17) is 0 Å². The van der Waals surface area contributed by atoms with Gasteiger partial charge in [-0.15, -0.1) is 0 Å². The second-order valence-electron chi connectivity index (χ2n) is 4.02. The molecule has 0 saturated carbocycles. The van der Waals surface area contributed by atoms with Crippen LogP contribution in [0.5, 0.6) is 0 Å². The number of aromatic nitrogens is 2. The third-order valence-corrected chi connectivity index (χ3v) is 2.27. The van der Waals surface area contributed by atoms with E-state index in [1.165, 1.54) is 6.33 Å². The van der Waals surface area contributed by atoms with Crippen molar-refractivity contribution in [2.45, 2.75) is 13.8 Å². The Kier molecular flexibility index (Phi) is 1.88. The van der Waals surface area contributed by atoms with Crippen LogP contribution in [0.1, 0.15) is 25.1 Å². The van der Waals surface area contributed by atoms with Crippen molar-refractivity contribution in [2.24, 2.45) is 5.41 Å². The highest BCUT2D eigenvalue weighted by molar-refractivity contribution is 5.65. The Morgan fingerprint density at radius 2 is 2.00 bits per heavy atom. The zero-order valence-corrected chi connectivity index (χ0v) is 8.24. The molecule has 0 atom stereocenters. The van der Waals surface area contributed by atoms with Gasteiger partial charge >= 0.3 is 0 Å².